The summed E-state index contributed by atoms with van der Waals surface area (Å²) in [6.07, 6.45) is 1.34. The Morgan fingerprint density at radius 2 is 1.86 bits per heavy atom. The third-order valence-electron chi connectivity index (χ3n) is 5.05. The van der Waals surface area contributed by atoms with Gasteiger partial charge in [0.1, 0.15) is 12.4 Å². The highest BCUT2D eigenvalue weighted by atomic mass is 32.2. The van der Waals surface area contributed by atoms with E-state index in [2.05, 4.69) is 5.32 Å². The number of carbonyl (C=O) groups excluding carboxylic acids is 1. The van der Waals surface area contributed by atoms with Gasteiger partial charge in [0.05, 0.1) is 16.9 Å². The van der Waals surface area contributed by atoms with Gasteiger partial charge in [0.2, 0.25) is 15.9 Å². The average Bonchev–Trinajstić information content (AvgIpc) is 2.74. The van der Waals surface area contributed by atoms with Crippen LogP contribution in [0.4, 0.5) is 0 Å². The summed E-state index contributed by atoms with van der Waals surface area (Å²) < 4.78 is 32.8. The molecule has 2 aromatic rings. The third-order valence-corrected chi connectivity index (χ3v) is 6.92. The van der Waals surface area contributed by atoms with Crippen molar-refractivity contribution in [1.29, 1.82) is 0 Å². The molecule has 156 valence electrons. The van der Waals surface area contributed by atoms with E-state index in [0.29, 0.717) is 26.0 Å². The van der Waals surface area contributed by atoms with Crippen LogP contribution in [0.15, 0.2) is 59.5 Å². The van der Waals surface area contributed by atoms with Crippen LogP contribution in [0.1, 0.15) is 25.3 Å². The largest absolute Gasteiger partial charge is 0.491 e. The normalized spacial score (nSPS) is 18.8. The summed E-state index contributed by atoms with van der Waals surface area (Å²) in [6, 6.07) is 15.9. The van der Waals surface area contributed by atoms with Crippen LogP contribution >= 0.6 is 0 Å². The average molecular weight is 417 g/mol. The Kier molecular flexibility index (Phi) is 6.92. The molecule has 0 spiro atoms. The maximum Gasteiger partial charge on any atom is 0.243 e. The second kappa shape index (κ2) is 9.41. The molecule has 2 aromatic carbocycles. The van der Waals surface area contributed by atoms with Crippen LogP contribution in [0, 0.1) is 12.8 Å². The molecule has 2 atom stereocenters. The van der Waals surface area contributed by atoms with Crippen molar-refractivity contribution in [2.24, 2.45) is 5.92 Å². The van der Waals surface area contributed by atoms with Gasteiger partial charge < -0.3 is 10.1 Å². The van der Waals surface area contributed by atoms with Crippen molar-refractivity contribution in [2.75, 3.05) is 19.7 Å². The lowest BCUT2D eigenvalue weighted by Crippen LogP contribution is -2.48. The number of ether oxygens (including phenoxy) is 1. The van der Waals surface area contributed by atoms with Gasteiger partial charge in [0, 0.05) is 13.1 Å². The summed E-state index contributed by atoms with van der Waals surface area (Å²) >= 11 is 0. The molecule has 29 heavy (non-hydrogen) atoms. The molecule has 0 aromatic heterocycles. The number of rotatable bonds is 7. The van der Waals surface area contributed by atoms with Crippen LogP contribution in [0.5, 0.6) is 5.75 Å². The number of hydrogen-bond donors (Lipinski definition) is 1. The van der Waals surface area contributed by atoms with Gasteiger partial charge in [-0.3, -0.25) is 4.79 Å². The molecule has 0 radical (unpaired) electrons. The molecule has 6 nitrogen and oxygen atoms in total. The lowest BCUT2D eigenvalue weighted by Gasteiger charge is -2.31. The van der Waals surface area contributed by atoms with E-state index in [1.54, 1.807) is 30.3 Å². The minimum Gasteiger partial charge on any atom is -0.491 e. The van der Waals surface area contributed by atoms with Gasteiger partial charge >= 0.3 is 0 Å². The second-order valence-corrected chi connectivity index (χ2v) is 9.49. The smallest absolute Gasteiger partial charge is 0.243 e. The predicted molar refractivity (Wildman–Crippen MR) is 112 cm³/mol. The van der Waals surface area contributed by atoms with Gasteiger partial charge in [0.25, 0.3) is 0 Å². The zero-order chi connectivity index (χ0) is 20.9. The highest BCUT2D eigenvalue weighted by Crippen LogP contribution is 2.24. The van der Waals surface area contributed by atoms with E-state index in [4.69, 9.17) is 4.74 Å². The van der Waals surface area contributed by atoms with Crippen molar-refractivity contribution in [2.45, 2.75) is 37.6 Å². The molecule has 1 aliphatic rings. The highest BCUT2D eigenvalue weighted by molar-refractivity contribution is 7.89. The zero-order valence-electron chi connectivity index (χ0n) is 16.9. The molecular formula is C22H28N2O4S. The van der Waals surface area contributed by atoms with E-state index < -0.39 is 10.0 Å². The van der Waals surface area contributed by atoms with E-state index in [1.807, 2.05) is 38.1 Å². The Hall–Kier alpha value is -2.38. The van der Waals surface area contributed by atoms with Gasteiger partial charge in [-0.25, -0.2) is 8.42 Å². The molecule has 1 fully saturated rings. The topological polar surface area (TPSA) is 75.7 Å². The first-order chi connectivity index (χ1) is 13.9. The van der Waals surface area contributed by atoms with Crippen LogP contribution in [0.2, 0.25) is 0 Å². The first-order valence-corrected chi connectivity index (χ1v) is 11.4. The highest BCUT2D eigenvalue weighted by Gasteiger charge is 2.33. The third kappa shape index (κ3) is 5.58. The fourth-order valence-corrected chi connectivity index (χ4v) is 4.92. The fourth-order valence-electron chi connectivity index (χ4n) is 3.37. The van der Waals surface area contributed by atoms with Crippen molar-refractivity contribution in [1.82, 2.24) is 9.62 Å². The zero-order valence-corrected chi connectivity index (χ0v) is 17.7. The van der Waals surface area contributed by atoms with Crippen molar-refractivity contribution < 1.29 is 17.9 Å². The van der Waals surface area contributed by atoms with E-state index in [-0.39, 0.29) is 29.3 Å². The van der Waals surface area contributed by atoms with Crippen LogP contribution < -0.4 is 10.1 Å². The number of sulfonamides is 1. The summed E-state index contributed by atoms with van der Waals surface area (Å²) in [5.74, 6) is 0.275. The summed E-state index contributed by atoms with van der Waals surface area (Å²) in [7, 11) is -3.58. The molecule has 1 N–H and O–H groups in total. The molecular weight excluding hydrogens is 388 g/mol. The maximum absolute atomic E-state index is 12.8. The number of amides is 1. The Bertz CT molecular complexity index is 914. The minimum absolute atomic E-state index is 0.127. The minimum atomic E-state index is -3.58. The number of aryl methyl sites for hydroxylation is 1. The van der Waals surface area contributed by atoms with Crippen LogP contribution in [-0.2, 0) is 14.8 Å². The van der Waals surface area contributed by atoms with Gasteiger partial charge in [-0.1, -0.05) is 35.9 Å². The molecule has 0 bridgehead atoms. The van der Waals surface area contributed by atoms with E-state index in [9.17, 15) is 13.2 Å². The molecule has 0 aliphatic carbocycles. The fraction of sp³-hybridized carbons (Fsp3) is 0.409. The van der Waals surface area contributed by atoms with E-state index in [0.717, 1.165) is 11.3 Å². The lowest BCUT2D eigenvalue weighted by atomic mass is 9.98. The first-order valence-electron chi connectivity index (χ1n) is 9.91. The number of hydrogen-bond acceptors (Lipinski definition) is 4. The van der Waals surface area contributed by atoms with Gasteiger partial charge in [-0.15, -0.1) is 0 Å². The van der Waals surface area contributed by atoms with Crippen LogP contribution in [0.3, 0.4) is 0 Å². The molecule has 1 amide bonds. The Morgan fingerprint density at radius 1 is 1.17 bits per heavy atom. The summed E-state index contributed by atoms with van der Waals surface area (Å²) in [6.45, 7) is 4.89. The molecule has 3 rings (SSSR count). The van der Waals surface area contributed by atoms with Crippen molar-refractivity contribution in [3.05, 3.63) is 60.2 Å². The monoisotopic (exact) mass is 416 g/mol. The predicted octanol–water partition coefficient (Wildman–Crippen LogP) is 2.98. The van der Waals surface area contributed by atoms with Gasteiger partial charge in [-0.2, -0.15) is 4.31 Å². The summed E-state index contributed by atoms with van der Waals surface area (Å²) in [5.41, 5.74) is 1.16. The summed E-state index contributed by atoms with van der Waals surface area (Å²) in [4.78, 5) is 13.0. The second-order valence-electron chi connectivity index (χ2n) is 7.55. The van der Waals surface area contributed by atoms with Crippen molar-refractivity contribution in [3.63, 3.8) is 0 Å². The number of benzene rings is 2. The van der Waals surface area contributed by atoms with Crippen LogP contribution in [0.25, 0.3) is 0 Å². The maximum atomic E-state index is 12.8. The molecule has 1 heterocycles. The van der Waals surface area contributed by atoms with E-state index >= 15 is 0 Å². The number of piperidine rings is 1. The first kappa shape index (κ1) is 21.3. The molecule has 0 unspecified atom stereocenters. The van der Waals surface area contributed by atoms with Gasteiger partial charge in [0.15, 0.2) is 0 Å². The SMILES string of the molecule is Cc1ccc(OC[C@@H](C)NC(=O)[C@H]2CCCN(S(=O)(=O)c3ccccc3)C2)cc1. The number of nitrogens with one attached hydrogen (secondary N) is 1. The Morgan fingerprint density at radius 3 is 2.55 bits per heavy atom. The number of carbonyl (C=O) groups is 1. The Balaban J connectivity index is 1.54. The van der Waals surface area contributed by atoms with Crippen LogP contribution in [-0.4, -0.2) is 44.4 Å². The van der Waals surface area contributed by atoms with Gasteiger partial charge in [-0.05, 0) is 51.0 Å². The van der Waals surface area contributed by atoms with Crippen molar-refractivity contribution >= 4 is 15.9 Å². The quantitative estimate of drug-likeness (QED) is 0.753. The standard InChI is InChI=1S/C22H28N2O4S/c1-17-10-12-20(13-11-17)28-16-18(2)23-22(25)19-7-6-14-24(15-19)29(26,27)21-8-4-3-5-9-21/h3-5,8-13,18-19H,6-7,14-16H2,1-2H3,(H,23,25)/t18-,19+/m1/s1. The molecule has 7 heteroatoms. The molecule has 1 saturated heterocycles. The van der Waals surface area contributed by atoms with Crippen molar-refractivity contribution in [3.8, 4) is 5.75 Å². The van der Waals surface area contributed by atoms with E-state index in [1.165, 1.54) is 4.31 Å². The summed E-state index contributed by atoms with van der Waals surface area (Å²) in [5, 5.41) is 2.96. The molecule has 1 aliphatic heterocycles. The Labute approximate surface area is 172 Å². The molecule has 0 saturated carbocycles. The number of nitrogens with zero attached hydrogens (tertiary/aromatic N) is 1. The lowest BCUT2D eigenvalue weighted by molar-refractivity contribution is -0.126.